The molecule has 0 bridgehead atoms. The molecule has 7 heteroatoms. The largest absolute Gasteiger partial charge is 0.369 e. The summed E-state index contributed by atoms with van der Waals surface area (Å²) in [5.41, 5.74) is 4.18. The van der Waals surface area contributed by atoms with Crippen molar-refractivity contribution in [2.75, 3.05) is 31.1 Å². The van der Waals surface area contributed by atoms with Gasteiger partial charge in [0.15, 0.2) is 5.78 Å². The van der Waals surface area contributed by atoms with E-state index in [0.717, 1.165) is 53.7 Å². The van der Waals surface area contributed by atoms with Crippen molar-refractivity contribution in [2.45, 2.75) is 27.4 Å². The van der Waals surface area contributed by atoms with Crippen LogP contribution in [0, 0.1) is 18.6 Å². The van der Waals surface area contributed by atoms with E-state index >= 15 is 0 Å². The number of carbonyl (C=O) groups excluding carboxylic acids is 1. The summed E-state index contributed by atoms with van der Waals surface area (Å²) in [5, 5.41) is 4.70. The van der Waals surface area contributed by atoms with Crippen molar-refractivity contribution in [3.05, 3.63) is 70.3 Å². The molecule has 0 aliphatic carbocycles. The lowest BCUT2D eigenvalue weighted by atomic mass is 10.1. The number of anilines is 1. The standard InChI is InChI=1S/C23H27N5OS/c1-17-5-4-6-22(15-17)28-19(3)24-27(23(28)30)16-25-11-13-26(14-12-25)21-9-7-20(8-10-21)18(2)29/h4-10,15H,11-14,16H2,1-3H3. The van der Waals surface area contributed by atoms with Gasteiger partial charge >= 0.3 is 0 Å². The Balaban J connectivity index is 1.43. The van der Waals surface area contributed by atoms with Gasteiger partial charge in [0.25, 0.3) is 0 Å². The van der Waals surface area contributed by atoms with E-state index in [0.29, 0.717) is 6.67 Å². The molecule has 2 heterocycles. The predicted molar refractivity (Wildman–Crippen MR) is 122 cm³/mol. The highest BCUT2D eigenvalue weighted by atomic mass is 32.1. The first-order valence-electron chi connectivity index (χ1n) is 10.2. The van der Waals surface area contributed by atoms with Gasteiger partial charge in [-0.15, -0.1) is 0 Å². The van der Waals surface area contributed by atoms with Crippen LogP contribution in [0.3, 0.4) is 0 Å². The van der Waals surface area contributed by atoms with E-state index in [-0.39, 0.29) is 5.78 Å². The first kappa shape index (κ1) is 20.5. The van der Waals surface area contributed by atoms with Gasteiger partial charge in [-0.05, 0) is 75.0 Å². The topological polar surface area (TPSA) is 46.3 Å². The number of hydrogen-bond donors (Lipinski definition) is 0. The monoisotopic (exact) mass is 421 g/mol. The van der Waals surface area contributed by atoms with E-state index in [1.807, 2.05) is 46.5 Å². The molecule has 0 saturated carbocycles. The number of benzene rings is 2. The number of aryl methyl sites for hydroxylation is 2. The fraction of sp³-hybridized carbons (Fsp3) is 0.348. The van der Waals surface area contributed by atoms with Crippen molar-refractivity contribution in [3.8, 4) is 5.69 Å². The van der Waals surface area contributed by atoms with E-state index in [9.17, 15) is 4.79 Å². The number of Topliss-reactive ketones (excluding diaryl/α,β-unsaturated/α-hetero) is 1. The molecule has 0 radical (unpaired) electrons. The Morgan fingerprint density at radius 1 is 1.00 bits per heavy atom. The number of ketones is 1. The van der Waals surface area contributed by atoms with Gasteiger partial charge in [0.2, 0.25) is 4.77 Å². The van der Waals surface area contributed by atoms with Crippen LogP contribution < -0.4 is 4.90 Å². The number of hydrogen-bond acceptors (Lipinski definition) is 5. The van der Waals surface area contributed by atoms with Crippen LogP contribution in [-0.2, 0) is 6.67 Å². The zero-order valence-corrected chi connectivity index (χ0v) is 18.5. The van der Waals surface area contributed by atoms with Crippen LogP contribution in [0.2, 0.25) is 0 Å². The lowest BCUT2D eigenvalue weighted by Crippen LogP contribution is -2.47. The summed E-state index contributed by atoms with van der Waals surface area (Å²) in [5.74, 6) is 0.998. The van der Waals surface area contributed by atoms with Crippen molar-refractivity contribution >= 4 is 23.7 Å². The fourth-order valence-corrected chi connectivity index (χ4v) is 4.25. The summed E-state index contributed by atoms with van der Waals surface area (Å²) < 4.78 is 4.68. The Bertz CT molecular complexity index is 1110. The molecule has 0 amide bonds. The first-order valence-corrected chi connectivity index (χ1v) is 10.6. The molecule has 4 rings (SSSR count). The molecule has 2 aromatic carbocycles. The number of rotatable bonds is 5. The zero-order valence-electron chi connectivity index (χ0n) is 17.7. The zero-order chi connectivity index (χ0) is 21.3. The van der Waals surface area contributed by atoms with Crippen molar-refractivity contribution in [1.82, 2.24) is 19.2 Å². The molecule has 156 valence electrons. The van der Waals surface area contributed by atoms with Crippen LogP contribution >= 0.6 is 12.2 Å². The van der Waals surface area contributed by atoms with Gasteiger partial charge in [-0.25, -0.2) is 4.68 Å². The molecular formula is C23H27N5OS. The van der Waals surface area contributed by atoms with E-state index in [1.165, 1.54) is 5.56 Å². The third-order valence-corrected chi connectivity index (χ3v) is 6.00. The van der Waals surface area contributed by atoms with Gasteiger partial charge in [0.1, 0.15) is 5.82 Å². The van der Waals surface area contributed by atoms with Crippen LogP contribution in [0.4, 0.5) is 5.69 Å². The van der Waals surface area contributed by atoms with E-state index in [2.05, 4.69) is 34.9 Å². The van der Waals surface area contributed by atoms with Crippen LogP contribution in [-0.4, -0.2) is 51.2 Å². The minimum atomic E-state index is 0.100. The second-order valence-electron chi connectivity index (χ2n) is 7.85. The van der Waals surface area contributed by atoms with Crippen LogP contribution in [0.5, 0.6) is 0 Å². The SMILES string of the molecule is CC(=O)c1ccc(N2CCN(Cn3nc(C)n(-c4cccc(C)c4)c3=S)CC2)cc1. The predicted octanol–water partition coefficient (Wildman–Crippen LogP) is 4.00. The van der Waals surface area contributed by atoms with Crippen LogP contribution in [0.25, 0.3) is 5.69 Å². The third-order valence-electron chi connectivity index (χ3n) is 5.61. The van der Waals surface area contributed by atoms with Gasteiger partial charge in [-0.1, -0.05) is 12.1 Å². The Morgan fingerprint density at radius 3 is 2.33 bits per heavy atom. The lowest BCUT2D eigenvalue weighted by Gasteiger charge is -2.35. The third kappa shape index (κ3) is 4.22. The number of aromatic nitrogens is 3. The molecule has 30 heavy (non-hydrogen) atoms. The maximum absolute atomic E-state index is 11.5. The van der Waals surface area contributed by atoms with E-state index < -0.39 is 0 Å². The molecule has 0 unspecified atom stereocenters. The molecule has 1 aromatic heterocycles. The molecule has 1 aliphatic rings. The average molecular weight is 422 g/mol. The number of carbonyl (C=O) groups is 1. The van der Waals surface area contributed by atoms with Crippen molar-refractivity contribution in [1.29, 1.82) is 0 Å². The molecule has 1 aliphatic heterocycles. The second-order valence-corrected chi connectivity index (χ2v) is 8.22. The van der Waals surface area contributed by atoms with Crippen molar-refractivity contribution in [2.24, 2.45) is 0 Å². The lowest BCUT2D eigenvalue weighted by molar-refractivity contribution is 0.101. The number of nitrogens with zero attached hydrogens (tertiary/aromatic N) is 5. The minimum absolute atomic E-state index is 0.100. The summed E-state index contributed by atoms with van der Waals surface area (Å²) in [7, 11) is 0. The van der Waals surface area contributed by atoms with Gasteiger partial charge in [-0.2, -0.15) is 5.10 Å². The normalized spacial score (nSPS) is 14.8. The molecule has 3 aromatic rings. The van der Waals surface area contributed by atoms with E-state index in [1.54, 1.807) is 6.92 Å². The molecule has 0 N–H and O–H groups in total. The molecular weight excluding hydrogens is 394 g/mol. The molecule has 6 nitrogen and oxygen atoms in total. The van der Waals surface area contributed by atoms with Gasteiger partial charge in [-0.3, -0.25) is 14.3 Å². The summed E-state index contributed by atoms with van der Waals surface area (Å²) in [4.78, 5) is 16.2. The Morgan fingerprint density at radius 2 is 1.70 bits per heavy atom. The Kier molecular flexibility index (Phi) is 5.83. The first-order chi connectivity index (χ1) is 14.4. The number of piperazine rings is 1. The maximum atomic E-state index is 11.5. The smallest absolute Gasteiger partial charge is 0.203 e. The van der Waals surface area contributed by atoms with Gasteiger partial charge < -0.3 is 4.90 Å². The van der Waals surface area contributed by atoms with Crippen molar-refractivity contribution in [3.63, 3.8) is 0 Å². The highest BCUT2D eigenvalue weighted by Crippen LogP contribution is 2.19. The average Bonchev–Trinajstić information content (AvgIpc) is 3.01. The van der Waals surface area contributed by atoms with Gasteiger partial charge in [0, 0.05) is 43.1 Å². The molecule has 0 spiro atoms. The Hall–Kier alpha value is -2.77. The highest BCUT2D eigenvalue weighted by molar-refractivity contribution is 7.71. The van der Waals surface area contributed by atoms with Crippen molar-refractivity contribution < 1.29 is 4.79 Å². The quantitative estimate of drug-likeness (QED) is 0.460. The highest BCUT2D eigenvalue weighted by Gasteiger charge is 2.19. The summed E-state index contributed by atoms with van der Waals surface area (Å²) in [6, 6.07) is 16.2. The second kappa shape index (κ2) is 8.53. The fourth-order valence-electron chi connectivity index (χ4n) is 3.92. The molecule has 0 atom stereocenters. The summed E-state index contributed by atoms with van der Waals surface area (Å²) in [6.45, 7) is 10.1. The summed E-state index contributed by atoms with van der Waals surface area (Å²) >= 11 is 5.74. The minimum Gasteiger partial charge on any atom is -0.369 e. The van der Waals surface area contributed by atoms with Crippen LogP contribution in [0.1, 0.15) is 28.7 Å². The molecule has 1 fully saturated rings. The maximum Gasteiger partial charge on any atom is 0.203 e. The molecule has 1 saturated heterocycles. The van der Waals surface area contributed by atoms with Gasteiger partial charge in [0.05, 0.1) is 6.67 Å². The summed E-state index contributed by atoms with van der Waals surface area (Å²) in [6.07, 6.45) is 0. The Labute approximate surface area is 182 Å². The van der Waals surface area contributed by atoms with E-state index in [4.69, 9.17) is 17.3 Å². The van der Waals surface area contributed by atoms with Crippen LogP contribution in [0.15, 0.2) is 48.5 Å².